The van der Waals surface area contributed by atoms with Crippen LogP contribution in [-0.2, 0) is 9.47 Å². The van der Waals surface area contributed by atoms with Gasteiger partial charge in [0.1, 0.15) is 14.7 Å². The number of rotatable bonds is 3. The van der Waals surface area contributed by atoms with Gasteiger partial charge in [-0.2, -0.15) is 0 Å². The Morgan fingerprint density at radius 3 is 2.43 bits per heavy atom. The first-order valence-corrected chi connectivity index (χ1v) is 8.25. The van der Waals surface area contributed by atoms with E-state index in [9.17, 15) is 4.79 Å². The summed E-state index contributed by atoms with van der Waals surface area (Å²) in [6.07, 6.45) is -0.0226. The molecule has 0 atom stereocenters. The second-order valence-electron chi connectivity index (χ2n) is 3.83. The molecular formula is C10H18O3Si. The maximum atomic E-state index is 10.7. The van der Waals surface area contributed by atoms with Crippen molar-refractivity contribution in [3.63, 3.8) is 0 Å². The van der Waals surface area contributed by atoms with Crippen molar-refractivity contribution in [1.29, 1.82) is 0 Å². The van der Waals surface area contributed by atoms with Crippen LogP contribution in [0.1, 0.15) is 13.3 Å². The monoisotopic (exact) mass is 214 g/mol. The molecule has 0 aromatic heterocycles. The lowest BCUT2D eigenvalue weighted by atomic mass is 10.5. The molecule has 0 amide bonds. The van der Waals surface area contributed by atoms with Crippen molar-refractivity contribution >= 4 is 14.2 Å². The summed E-state index contributed by atoms with van der Waals surface area (Å²) in [5.74, 6) is 3.00. The molecule has 0 aromatic carbocycles. The third-order valence-corrected chi connectivity index (χ3v) is 2.10. The zero-order chi connectivity index (χ0) is 11.0. The third-order valence-electron chi connectivity index (χ3n) is 1.17. The second-order valence-corrected chi connectivity index (χ2v) is 8.58. The van der Waals surface area contributed by atoms with E-state index in [1.54, 1.807) is 6.92 Å². The number of carbonyl (C=O) groups is 1. The molecule has 0 rings (SSSR count). The van der Waals surface area contributed by atoms with Crippen LogP contribution in [0.5, 0.6) is 0 Å². The molecule has 0 radical (unpaired) electrons. The van der Waals surface area contributed by atoms with Gasteiger partial charge in [-0.25, -0.2) is 4.79 Å². The topological polar surface area (TPSA) is 35.5 Å². The smallest absolute Gasteiger partial charge is 0.435 e. The fourth-order valence-corrected chi connectivity index (χ4v) is 1.33. The minimum absolute atomic E-state index is 0.316. The van der Waals surface area contributed by atoms with Crippen molar-refractivity contribution in [2.45, 2.75) is 33.0 Å². The minimum Gasteiger partial charge on any atom is -0.435 e. The van der Waals surface area contributed by atoms with Crippen LogP contribution < -0.4 is 0 Å². The molecule has 0 heterocycles. The van der Waals surface area contributed by atoms with Gasteiger partial charge in [-0.3, -0.25) is 0 Å². The molecule has 0 fully saturated rings. The first-order chi connectivity index (χ1) is 6.45. The van der Waals surface area contributed by atoms with Crippen LogP contribution in [0.4, 0.5) is 4.79 Å². The van der Waals surface area contributed by atoms with Crippen molar-refractivity contribution in [1.82, 2.24) is 0 Å². The van der Waals surface area contributed by atoms with Crippen LogP contribution in [0.25, 0.3) is 0 Å². The zero-order valence-corrected chi connectivity index (χ0v) is 10.3. The van der Waals surface area contributed by atoms with E-state index in [0.29, 0.717) is 19.6 Å². The van der Waals surface area contributed by atoms with Gasteiger partial charge in [0.25, 0.3) is 0 Å². The normalized spacial score (nSPS) is 10.0. The van der Waals surface area contributed by atoms with Gasteiger partial charge in [0, 0.05) is 6.42 Å². The maximum absolute atomic E-state index is 10.7. The van der Waals surface area contributed by atoms with E-state index in [4.69, 9.17) is 4.74 Å². The average molecular weight is 214 g/mol. The van der Waals surface area contributed by atoms with Crippen molar-refractivity contribution in [2.24, 2.45) is 0 Å². The van der Waals surface area contributed by atoms with Crippen LogP contribution >= 0.6 is 0 Å². The molecule has 0 saturated heterocycles. The van der Waals surface area contributed by atoms with Gasteiger partial charge in [-0.1, -0.05) is 19.6 Å². The van der Waals surface area contributed by atoms with Gasteiger partial charge >= 0.3 is 6.16 Å². The number of carbonyl (C=O) groups excluding carboxylic acids is 1. The average Bonchev–Trinajstić information content (AvgIpc) is 2.02. The van der Waals surface area contributed by atoms with E-state index in [1.807, 2.05) is 0 Å². The molecule has 3 nitrogen and oxygen atoms in total. The number of hydrogen-bond donors (Lipinski definition) is 0. The molecule has 0 spiro atoms. The first-order valence-electron chi connectivity index (χ1n) is 4.75. The Bertz CT molecular complexity index is 232. The molecule has 0 bridgehead atoms. The van der Waals surface area contributed by atoms with Crippen LogP contribution in [0.3, 0.4) is 0 Å². The molecular weight excluding hydrogens is 196 g/mol. The van der Waals surface area contributed by atoms with E-state index in [2.05, 4.69) is 35.8 Å². The summed E-state index contributed by atoms with van der Waals surface area (Å²) in [5.41, 5.74) is 3.18. The van der Waals surface area contributed by atoms with Crippen molar-refractivity contribution in [3.05, 3.63) is 0 Å². The first kappa shape index (κ1) is 13.0. The van der Waals surface area contributed by atoms with E-state index < -0.39 is 14.2 Å². The van der Waals surface area contributed by atoms with Crippen LogP contribution in [0.2, 0.25) is 19.6 Å². The van der Waals surface area contributed by atoms with Crippen molar-refractivity contribution < 1.29 is 14.3 Å². The highest BCUT2D eigenvalue weighted by Gasteiger charge is 2.07. The van der Waals surface area contributed by atoms with Gasteiger partial charge in [-0.15, -0.1) is 11.5 Å². The van der Waals surface area contributed by atoms with Gasteiger partial charge in [0.2, 0.25) is 0 Å². The quantitative estimate of drug-likeness (QED) is 0.313. The molecule has 80 valence electrons. The largest absolute Gasteiger partial charge is 0.508 e. The Morgan fingerprint density at radius 1 is 1.29 bits per heavy atom. The minimum atomic E-state index is -1.28. The highest BCUT2D eigenvalue weighted by Crippen LogP contribution is 1.96. The Morgan fingerprint density at radius 2 is 1.93 bits per heavy atom. The zero-order valence-electron chi connectivity index (χ0n) is 9.35. The summed E-state index contributed by atoms with van der Waals surface area (Å²) in [5, 5.41) is 0. The highest BCUT2D eigenvalue weighted by molar-refractivity contribution is 6.83. The van der Waals surface area contributed by atoms with Crippen LogP contribution in [0, 0.1) is 11.5 Å². The molecule has 0 aliphatic carbocycles. The van der Waals surface area contributed by atoms with Gasteiger partial charge in [0.05, 0.1) is 6.61 Å². The Kier molecular flexibility index (Phi) is 6.05. The molecule has 14 heavy (non-hydrogen) atoms. The Balaban J connectivity index is 3.55. The van der Waals surface area contributed by atoms with Crippen molar-refractivity contribution in [2.75, 3.05) is 13.2 Å². The molecule has 0 aromatic rings. The number of ether oxygens (including phenoxy) is 2. The highest BCUT2D eigenvalue weighted by atomic mass is 28.3. The molecule has 0 N–H and O–H groups in total. The Labute approximate surface area is 86.8 Å². The van der Waals surface area contributed by atoms with Crippen LogP contribution in [-0.4, -0.2) is 27.4 Å². The summed E-state index contributed by atoms with van der Waals surface area (Å²) in [6.45, 7) is 8.92. The third kappa shape index (κ3) is 9.14. The van der Waals surface area contributed by atoms with E-state index in [1.165, 1.54) is 0 Å². The molecule has 4 heteroatoms. The summed E-state index contributed by atoms with van der Waals surface area (Å²) >= 11 is 0. The fraction of sp³-hybridized carbons (Fsp3) is 0.700. The summed E-state index contributed by atoms with van der Waals surface area (Å²) in [6, 6.07) is 0. The van der Waals surface area contributed by atoms with E-state index in [0.717, 1.165) is 0 Å². The number of hydrogen-bond acceptors (Lipinski definition) is 3. The fourth-order valence-electron chi connectivity index (χ4n) is 0.673. The predicted molar refractivity (Wildman–Crippen MR) is 58.7 cm³/mol. The summed E-state index contributed by atoms with van der Waals surface area (Å²) < 4.78 is 9.34. The molecule has 0 saturated carbocycles. The summed E-state index contributed by atoms with van der Waals surface area (Å²) in [7, 11) is -1.28. The lowest BCUT2D eigenvalue weighted by molar-refractivity contribution is 0.0607. The second kappa shape index (κ2) is 6.49. The Hall–Kier alpha value is -0.953. The maximum Gasteiger partial charge on any atom is 0.508 e. The standard InChI is InChI=1S/C10H18O3Si/c1-5-12-10(11)13-8-6-7-9-14(2,3)4/h5-6,8H2,1-4H3. The van der Waals surface area contributed by atoms with E-state index >= 15 is 0 Å². The van der Waals surface area contributed by atoms with Gasteiger partial charge < -0.3 is 9.47 Å². The SMILES string of the molecule is CCOC(=O)OCCC#C[Si](C)(C)C. The molecule has 0 aliphatic rings. The van der Waals surface area contributed by atoms with E-state index in [-0.39, 0.29) is 0 Å². The lowest BCUT2D eigenvalue weighted by Gasteiger charge is -2.04. The van der Waals surface area contributed by atoms with Crippen molar-refractivity contribution in [3.8, 4) is 11.5 Å². The lowest BCUT2D eigenvalue weighted by Crippen LogP contribution is -2.16. The predicted octanol–water partition coefficient (Wildman–Crippen LogP) is 2.43. The van der Waals surface area contributed by atoms with Gasteiger partial charge in [-0.05, 0) is 6.92 Å². The summed E-state index contributed by atoms with van der Waals surface area (Å²) in [4.78, 5) is 10.7. The molecule has 0 aliphatic heterocycles. The molecule has 0 unspecified atom stereocenters. The van der Waals surface area contributed by atoms with Crippen LogP contribution in [0.15, 0.2) is 0 Å². The van der Waals surface area contributed by atoms with Gasteiger partial charge in [0.15, 0.2) is 0 Å².